The van der Waals surface area contributed by atoms with Gasteiger partial charge in [-0.05, 0) is 29.3 Å². The van der Waals surface area contributed by atoms with Crippen LogP contribution in [0.15, 0.2) is 54.7 Å². The summed E-state index contributed by atoms with van der Waals surface area (Å²) in [6, 6.07) is 12.7. The molecular formula is C15H10F3N. The summed E-state index contributed by atoms with van der Waals surface area (Å²) in [6.07, 6.45) is -2.63. The van der Waals surface area contributed by atoms with E-state index in [1.54, 1.807) is 30.5 Å². The van der Waals surface area contributed by atoms with Gasteiger partial charge in [0.25, 0.3) is 0 Å². The summed E-state index contributed by atoms with van der Waals surface area (Å²) >= 11 is 0. The van der Waals surface area contributed by atoms with Crippen molar-refractivity contribution in [2.24, 2.45) is 0 Å². The van der Waals surface area contributed by atoms with Gasteiger partial charge in [-0.2, -0.15) is 13.2 Å². The van der Waals surface area contributed by atoms with Crippen LogP contribution in [0.1, 0.15) is 5.56 Å². The number of hydrogen-bond donors (Lipinski definition) is 1. The van der Waals surface area contributed by atoms with Crippen molar-refractivity contribution in [1.29, 1.82) is 0 Å². The predicted molar refractivity (Wildman–Crippen MR) is 68.7 cm³/mol. The number of benzene rings is 2. The lowest BCUT2D eigenvalue weighted by Crippen LogP contribution is -2.06. The SMILES string of the molecule is FC(F)(F)c1ccccc1-c1cccc2[nH]ccc12. The van der Waals surface area contributed by atoms with Crippen molar-refractivity contribution in [3.8, 4) is 11.1 Å². The molecule has 4 heteroatoms. The van der Waals surface area contributed by atoms with E-state index in [1.165, 1.54) is 12.1 Å². The minimum atomic E-state index is -4.35. The molecule has 19 heavy (non-hydrogen) atoms. The minimum Gasteiger partial charge on any atom is -0.361 e. The molecule has 0 amide bonds. The van der Waals surface area contributed by atoms with Gasteiger partial charge >= 0.3 is 6.18 Å². The highest BCUT2D eigenvalue weighted by atomic mass is 19.4. The van der Waals surface area contributed by atoms with Gasteiger partial charge in [-0.3, -0.25) is 0 Å². The van der Waals surface area contributed by atoms with Crippen LogP contribution in [0.25, 0.3) is 22.0 Å². The highest BCUT2D eigenvalue weighted by molar-refractivity contribution is 5.95. The van der Waals surface area contributed by atoms with Crippen molar-refractivity contribution in [2.75, 3.05) is 0 Å². The molecule has 0 unspecified atom stereocenters. The number of nitrogens with one attached hydrogen (secondary N) is 1. The Labute approximate surface area is 107 Å². The number of H-pyrrole nitrogens is 1. The van der Waals surface area contributed by atoms with Gasteiger partial charge in [-0.15, -0.1) is 0 Å². The maximum atomic E-state index is 13.1. The van der Waals surface area contributed by atoms with Crippen LogP contribution in [0.3, 0.4) is 0 Å². The van der Waals surface area contributed by atoms with Crippen molar-refractivity contribution in [2.45, 2.75) is 6.18 Å². The number of halogens is 3. The predicted octanol–water partition coefficient (Wildman–Crippen LogP) is 4.85. The molecule has 2 aromatic carbocycles. The van der Waals surface area contributed by atoms with Crippen LogP contribution in [-0.2, 0) is 6.18 Å². The molecule has 0 fully saturated rings. The number of fused-ring (bicyclic) bond motifs is 1. The van der Waals surface area contributed by atoms with Crippen molar-refractivity contribution in [3.05, 3.63) is 60.3 Å². The van der Waals surface area contributed by atoms with Gasteiger partial charge in [-0.25, -0.2) is 0 Å². The zero-order valence-electron chi connectivity index (χ0n) is 9.83. The van der Waals surface area contributed by atoms with Gasteiger partial charge in [0, 0.05) is 17.1 Å². The molecule has 1 N–H and O–H groups in total. The Morgan fingerprint density at radius 3 is 2.32 bits per heavy atom. The van der Waals surface area contributed by atoms with E-state index in [-0.39, 0.29) is 5.56 Å². The summed E-state index contributed by atoms with van der Waals surface area (Å²) in [5.41, 5.74) is 1.02. The molecule has 1 nitrogen and oxygen atoms in total. The number of alkyl halides is 3. The first-order valence-electron chi connectivity index (χ1n) is 5.80. The molecule has 0 bridgehead atoms. The van der Waals surface area contributed by atoms with Gasteiger partial charge in [-0.1, -0.05) is 30.3 Å². The topological polar surface area (TPSA) is 15.8 Å². The third-order valence-electron chi connectivity index (χ3n) is 3.12. The van der Waals surface area contributed by atoms with Crippen molar-refractivity contribution in [1.82, 2.24) is 4.98 Å². The lowest BCUT2D eigenvalue weighted by molar-refractivity contribution is -0.137. The molecule has 3 rings (SSSR count). The fourth-order valence-electron chi connectivity index (χ4n) is 2.29. The molecule has 1 heterocycles. The first-order valence-corrected chi connectivity index (χ1v) is 5.80. The molecule has 0 saturated heterocycles. The second-order valence-electron chi connectivity index (χ2n) is 4.29. The largest absolute Gasteiger partial charge is 0.417 e. The molecule has 0 saturated carbocycles. The van der Waals surface area contributed by atoms with E-state index in [4.69, 9.17) is 0 Å². The van der Waals surface area contributed by atoms with E-state index < -0.39 is 11.7 Å². The van der Waals surface area contributed by atoms with Crippen LogP contribution in [0.5, 0.6) is 0 Å². The zero-order valence-corrected chi connectivity index (χ0v) is 9.83. The van der Waals surface area contributed by atoms with E-state index in [9.17, 15) is 13.2 Å². The smallest absolute Gasteiger partial charge is 0.361 e. The lowest BCUT2D eigenvalue weighted by Gasteiger charge is -2.13. The molecule has 1 aromatic heterocycles. The fourth-order valence-corrected chi connectivity index (χ4v) is 2.29. The summed E-state index contributed by atoms with van der Waals surface area (Å²) in [4.78, 5) is 3.01. The van der Waals surface area contributed by atoms with Crippen LogP contribution in [-0.4, -0.2) is 4.98 Å². The number of aromatic nitrogens is 1. The van der Waals surface area contributed by atoms with Crippen LogP contribution in [0.4, 0.5) is 13.2 Å². The van der Waals surface area contributed by atoms with Crippen molar-refractivity contribution >= 4 is 10.9 Å². The number of aromatic amines is 1. The maximum Gasteiger partial charge on any atom is 0.417 e. The average molecular weight is 261 g/mol. The second-order valence-corrected chi connectivity index (χ2v) is 4.29. The standard InChI is InChI=1S/C15H10F3N/c16-15(17,18)13-6-2-1-4-11(13)10-5-3-7-14-12(10)8-9-19-14/h1-9,19H. The Morgan fingerprint density at radius 2 is 1.53 bits per heavy atom. The van der Waals surface area contributed by atoms with Crippen LogP contribution >= 0.6 is 0 Å². The molecule has 0 spiro atoms. The highest BCUT2D eigenvalue weighted by Gasteiger charge is 2.33. The summed E-state index contributed by atoms with van der Waals surface area (Å²) < 4.78 is 39.2. The van der Waals surface area contributed by atoms with E-state index in [0.717, 1.165) is 17.0 Å². The van der Waals surface area contributed by atoms with Crippen LogP contribution in [0, 0.1) is 0 Å². The van der Waals surface area contributed by atoms with Crippen LogP contribution in [0.2, 0.25) is 0 Å². The summed E-state index contributed by atoms with van der Waals surface area (Å²) in [6.45, 7) is 0. The molecule has 96 valence electrons. The molecule has 0 aliphatic heterocycles. The highest BCUT2D eigenvalue weighted by Crippen LogP contribution is 2.39. The van der Waals surface area contributed by atoms with Gasteiger partial charge in [0.15, 0.2) is 0 Å². The molecule has 3 aromatic rings. The summed E-state index contributed by atoms with van der Waals surface area (Å²) in [5, 5.41) is 0.791. The van der Waals surface area contributed by atoms with Gasteiger partial charge in [0.2, 0.25) is 0 Å². The first kappa shape index (κ1) is 11.8. The fraction of sp³-hybridized carbons (Fsp3) is 0.0667. The van der Waals surface area contributed by atoms with E-state index >= 15 is 0 Å². The normalized spacial score (nSPS) is 11.9. The first-order chi connectivity index (χ1) is 9.07. The quantitative estimate of drug-likeness (QED) is 0.644. The Hall–Kier alpha value is -2.23. The van der Waals surface area contributed by atoms with Crippen molar-refractivity contribution in [3.63, 3.8) is 0 Å². The van der Waals surface area contributed by atoms with Gasteiger partial charge < -0.3 is 4.98 Å². The molecule has 0 aliphatic rings. The van der Waals surface area contributed by atoms with Gasteiger partial charge in [0.1, 0.15) is 0 Å². The summed E-state index contributed by atoms with van der Waals surface area (Å²) in [5.74, 6) is 0. The monoisotopic (exact) mass is 261 g/mol. The maximum absolute atomic E-state index is 13.1. The number of rotatable bonds is 1. The third kappa shape index (κ3) is 1.99. The van der Waals surface area contributed by atoms with Crippen molar-refractivity contribution < 1.29 is 13.2 Å². The Morgan fingerprint density at radius 1 is 0.789 bits per heavy atom. The lowest BCUT2D eigenvalue weighted by atomic mass is 9.96. The van der Waals surface area contributed by atoms with Crippen LogP contribution < -0.4 is 0 Å². The molecule has 0 aliphatic carbocycles. The summed E-state index contributed by atoms with van der Waals surface area (Å²) in [7, 11) is 0. The third-order valence-corrected chi connectivity index (χ3v) is 3.12. The zero-order chi connectivity index (χ0) is 13.5. The Bertz CT molecular complexity index is 725. The van der Waals surface area contributed by atoms with E-state index in [0.29, 0.717) is 5.56 Å². The van der Waals surface area contributed by atoms with E-state index in [1.807, 2.05) is 6.07 Å². The molecule has 0 atom stereocenters. The average Bonchev–Trinajstić information content (AvgIpc) is 2.85. The minimum absolute atomic E-state index is 0.209. The van der Waals surface area contributed by atoms with Gasteiger partial charge in [0.05, 0.1) is 5.56 Å². The number of hydrogen-bond acceptors (Lipinski definition) is 0. The molecule has 0 radical (unpaired) electrons. The Kier molecular flexibility index (Phi) is 2.59. The second kappa shape index (κ2) is 4.16. The Balaban J connectivity index is 2.31. The van der Waals surface area contributed by atoms with E-state index in [2.05, 4.69) is 4.98 Å². The molecular weight excluding hydrogens is 251 g/mol.